The van der Waals surface area contributed by atoms with E-state index < -0.39 is 0 Å². The number of nitrogens with zero attached hydrogens (tertiary/aromatic N) is 1. The number of carbonyl (C=O) groups excluding carboxylic acids is 1. The van der Waals surface area contributed by atoms with Crippen LogP contribution in [-0.2, 0) is 9.53 Å². The second kappa shape index (κ2) is 7.25. The van der Waals surface area contributed by atoms with E-state index in [-0.39, 0.29) is 11.9 Å². The Hall–Kier alpha value is -0.610. The number of rotatable bonds is 5. The summed E-state index contributed by atoms with van der Waals surface area (Å²) in [5.74, 6) is 0.846. The van der Waals surface area contributed by atoms with Crippen LogP contribution >= 0.6 is 0 Å². The maximum Gasteiger partial charge on any atom is 0.310 e. The van der Waals surface area contributed by atoms with E-state index in [1.165, 1.54) is 32.8 Å². The summed E-state index contributed by atoms with van der Waals surface area (Å²) < 4.78 is 4.92. The van der Waals surface area contributed by atoms with Gasteiger partial charge in [-0.15, -0.1) is 0 Å². The molecular weight excluding hydrogens is 240 g/mol. The lowest BCUT2D eigenvalue weighted by atomic mass is 9.93. The SMILES string of the molecule is CCN1CC(NCC2CCCC2)CC(C(=O)OC)C1. The molecule has 0 aromatic rings. The standard InChI is InChI=1S/C15H28N2O2/c1-3-17-10-13(15(18)19-2)8-14(11-17)16-9-12-6-4-5-7-12/h12-14,16H,3-11H2,1-2H3. The van der Waals surface area contributed by atoms with Crippen LogP contribution in [0.15, 0.2) is 0 Å². The molecule has 0 radical (unpaired) electrons. The van der Waals surface area contributed by atoms with Crippen molar-refractivity contribution in [1.82, 2.24) is 10.2 Å². The molecule has 4 nitrogen and oxygen atoms in total. The summed E-state index contributed by atoms with van der Waals surface area (Å²) in [5.41, 5.74) is 0. The van der Waals surface area contributed by atoms with Gasteiger partial charge in [0.25, 0.3) is 0 Å². The Morgan fingerprint density at radius 2 is 2.05 bits per heavy atom. The molecule has 2 atom stereocenters. The van der Waals surface area contributed by atoms with Gasteiger partial charge in [0.15, 0.2) is 0 Å². The lowest BCUT2D eigenvalue weighted by Crippen LogP contribution is -2.51. The minimum Gasteiger partial charge on any atom is -0.469 e. The minimum absolute atomic E-state index is 0.0415. The molecule has 0 aromatic carbocycles. The Morgan fingerprint density at radius 3 is 2.68 bits per heavy atom. The number of hydrogen-bond acceptors (Lipinski definition) is 4. The highest BCUT2D eigenvalue weighted by atomic mass is 16.5. The molecule has 1 saturated carbocycles. The first-order valence-electron chi connectivity index (χ1n) is 7.76. The number of likely N-dealkylation sites (tertiary alicyclic amines) is 1. The third-order valence-electron chi connectivity index (χ3n) is 4.68. The zero-order chi connectivity index (χ0) is 13.7. The monoisotopic (exact) mass is 268 g/mol. The van der Waals surface area contributed by atoms with E-state index in [1.807, 2.05) is 0 Å². The molecule has 4 heteroatoms. The van der Waals surface area contributed by atoms with Gasteiger partial charge in [0.05, 0.1) is 13.0 Å². The quantitative estimate of drug-likeness (QED) is 0.770. The number of nitrogens with one attached hydrogen (secondary N) is 1. The fraction of sp³-hybridized carbons (Fsp3) is 0.933. The molecule has 0 bridgehead atoms. The molecule has 19 heavy (non-hydrogen) atoms. The Bertz CT molecular complexity index is 290. The summed E-state index contributed by atoms with van der Waals surface area (Å²) in [6.45, 7) is 6.21. The van der Waals surface area contributed by atoms with E-state index in [4.69, 9.17) is 4.74 Å². The van der Waals surface area contributed by atoms with Crippen molar-refractivity contribution in [2.45, 2.75) is 45.1 Å². The fourth-order valence-corrected chi connectivity index (χ4v) is 3.48. The van der Waals surface area contributed by atoms with Crippen molar-refractivity contribution in [2.75, 3.05) is 33.3 Å². The number of hydrogen-bond donors (Lipinski definition) is 1. The van der Waals surface area contributed by atoms with Crippen molar-refractivity contribution in [3.63, 3.8) is 0 Å². The van der Waals surface area contributed by atoms with Gasteiger partial charge in [-0.3, -0.25) is 4.79 Å². The van der Waals surface area contributed by atoms with Crippen LogP contribution in [0, 0.1) is 11.8 Å². The first kappa shape index (κ1) is 14.8. The minimum atomic E-state index is -0.0502. The van der Waals surface area contributed by atoms with Crippen LogP contribution in [-0.4, -0.2) is 50.2 Å². The maximum atomic E-state index is 11.8. The van der Waals surface area contributed by atoms with Crippen LogP contribution in [0.25, 0.3) is 0 Å². The third kappa shape index (κ3) is 4.18. The van der Waals surface area contributed by atoms with Crippen LogP contribution in [0.2, 0.25) is 0 Å². The van der Waals surface area contributed by atoms with Gasteiger partial charge in [-0.2, -0.15) is 0 Å². The van der Waals surface area contributed by atoms with Crippen molar-refractivity contribution in [3.05, 3.63) is 0 Å². The predicted octanol–water partition coefficient (Wildman–Crippen LogP) is 1.65. The molecule has 1 saturated heterocycles. The molecule has 2 unspecified atom stereocenters. The molecule has 110 valence electrons. The van der Waals surface area contributed by atoms with Gasteiger partial charge in [-0.05, 0) is 38.3 Å². The molecule has 0 amide bonds. The molecule has 1 N–H and O–H groups in total. The van der Waals surface area contributed by atoms with Gasteiger partial charge in [-0.25, -0.2) is 0 Å². The van der Waals surface area contributed by atoms with Crippen LogP contribution in [0.4, 0.5) is 0 Å². The lowest BCUT2D eigenvalue weighted by molar-refractivity contribution is -0.147. The smallest absolute Gasteiger partial charge is 0.310 e. The van der Waals surface area contributed by atoms with Gasteiger partial charge in [0.2, 0.25) is 0 Å². The molecule has 2 rings (SSSR count). The van der Waals surface area contributed by atoms with E-state index in [0.717, 1.165) is 38.5 Å². The highest BCUT2D eigenvalue weighted by molar-refractivity contribution is 5.72. The average Bonchev–Trinajstić information content (AvgIpc) is 2.97. The third-order valence-corrected chi connectivity index (χ3v) is 4.68. The summed E-state index contributed by atoms with van der Waals surface area (Å²) in [4.78, 5) is 14.1. The van der Waals surface area contributed by atoms with E-state index in [1.54, 1.807) is 0 Å². The number of methoxy groups -OCH3 is 1. The number of likely N-dealkylation sites (N-methyl/N-ethyl adjacent to an activating group) is 1. The number of esters is 1. The van der Waals surface area contributed by atoms with E-state index in [9.17, 15) is 4.79 Å². The van der Waals surface area contributed by atoms with Gasteiger partial charge < -0.3 is 15.0 Å². The summed E-state index contributed by atoms with van der Waals surface area (Å²) >= 11 is 0. The predicted molar refractivity (Wildman–Crippen MR) is 76.0 cm³/mol. The van der Waals surface area contributed by atoms with Crippen LogP contribution in [0.5, 0.6) is 0 Å². The molecule has 2 aliphatic rings. The average molecular weight is 268 g/mol. The molecule has 1 aliphatic heterocycles. The zero-order valence-corrected chi connectivity index (χ0v) is 12.4. The van der Waals surface area contributed by atoms with Gasteiger partial charge in [0, 0.05) is 19.1 Å². The molecular formula is C15H28N2O2. The number of ether oxygens (including phenoxy) is 1. The summed E-state index contributed by atoms with van der Waals surface area (Å²) in [5, 5.41) is 3.69. The molecule has 0 spiro atoms. The van der Waals surface area contributed by atoms with Gasteiger partial charge >= 0.3 is 5.97 Å². The second-order valence-electron chi connectivity index (χ2n) is 6.06. The first-order chi connectivity index (χ1) is 9.22. The number of carbonyl (C=O) groups is 1. The van der Waals surface area contributed by atoms with E-state index in [0.29, 0.717) is 6.04 Å². The topological polar surface area (TPSA) is 41.6 Å². The highest BCUT2D eigenvalue weighted by Gasteiger charge is 2.31. The molecule has 2 fully saturated rings. The normalized spacial score (nSPS) is 29.6. The first-order valence-corrected chi connectivity index (χ1v) is 7.76. The van der Waals surface area contributed by atoms with E-state index >= 15 is 0 Å². The lowest BCUT2D eigenvalue weighted by Gasteiger charge is -2.36. The Morgan fingerprint density at radius 1 is 1.32 bits per heavy atom. The van der Waals surface area contributed by atoms with Crippen LogP contribution < -0.4 is 5.32 Å². The summed E-state index contributed by atoms with van der Waals surface area (Å²) in [6, 6.07) is 0.443. The van der Waals surface area contributed by atoms with Crippen molar-refractivity contribution in [2.24, 2.45) is 11.8 Å². The Kier molecular flexibility index (Phi) is 5.64. The molecule has 1 aliphatic carbocycles. The Balaban J connectivity index is 1.82. The van der Waals surface area contributed by atoms with Crippen molar-refractivity contribution in [1.29, 1.82) is 0 Å². The maximum absolute atomic E-state index is 11.8. The van der Waals surface area contributed by atoms with Gasteiger partial charge in [-0.1, -0.05) is 19.8 Å². The fourth-order valence-electron chi connectivity index (χ4n) is 3.48. The van der Waals surface area contributed by atoms with Crippen LogP contribution in [0.1, 0.15) is 39.0 Å². The second-order valence-corrected chi connectivity index (χ2v) is 6.06. The largest absolute Gasteiger partial charge is 0.469 e. The van der Waals surface area contributed by atoms with Crippen molar-refractivity contribution < 1.29 is 9.53 Å². The van der Waals surface area contributed by atoms with Crippen molar-refractivity contribution in [3.8, 4) is 0 Å². The molecule has 0 aromatic heterocycles. The number of piperidine rings is 1. The van der Waals surface area contributed by atoms with Gasteiger partial charge in [0.1, 0.15) is 0 Å². The van der Waals surface area contributed by atoms with Crippen LogP contribution in [0.3, 0.4) is 0 Å². The summed E-state index contributed by atoms with van der Waals surface area (Å²) in [6.07, 6.45) is 6.46. The van der Waals surface area contributed by atoms with E-state index in [2.05, 4.69) is 17.1 Å². The Labute approximate surface area is 116 Å². The molecule has 1 heterocycles. The van der Waals surface area contributed by atoms with Crippen molar-refractivity contribution >= 4 is 5.97 Å². The summed E-state index contributed by atoms with van der Waals surface area (Å²) in [7, 11) is 1.49. The zero-order valence-electron chi connectivity index (χ0n) is 12.4. The highest BCUT2D eigenvalue weighted by Crippen LogP contribution is 2.25.